The van der Waals surface area contributed by atoms with Gasteiger partial charge in [-0.25, -0.2) is 0 Å². The van der Waals surface area contributed by atoms with E-state index >= 15 is 0 Å². The van der Waals surface area contributed by atoms with E-state index in [9.17, 15) is 0 Å². The normalized spacial score (nSPS) is 39.8. The number of fused-ring (bicyclic) bond motifs is 1. The summed E-state index contributed by atoms with van der Waals surface area (Å²) in [5.41, 5.74) is 1.18. The van der Waals surface area contributed by atoms with Crippen molar-refractivity contribution in [1.82, 2.24) is 5.32 Å². The molecule has 0 spiro atoms. The van der Waals surface area contributed by atoms with Crippen molar-refractivity contribution in [3.63, 3.8) is 0 Å². The van der Waals surface area contributed by atoms with Gasteiger partial charge in [0.1, 0.15) is 5.54 Å². The maximum Gasteiger partial charge on any atom is 0.114 e. The van der Waals surface area contributed by atoms with E-state index in [4.69, 9.17) is 0 Å². The Kier molecular flexibility index (Phi) is 1.56. The fourth-order valence-corrected chi connectivity index (χ4v) is 2.06. The van der Waals surface area contributed by atoms with Crippen LogP contribution in [-0.4, -0.2) is 15.8 Å². The third-order valence-corrected chi connectivity index (χ3v) is 3.81. The topological polar surface area (TPSA) is 24.4 Å². The molecule has 0 bridgehead atoms. The molecule has 0 saturated heterocycles. The lowest BCUT2D eigenvalue weighted by atomic mass is 9.91. The molecule has 1 aliphatic heterocycles. The number of rotatable bonds is 0. The largest absolute Gasteiger partial charge is 0.348 e. The molecular weight excluding hydrogens is 251 g/mol. The molecule has 2 rings (SSSR count). The molecule has 3 heteroatoms. The van der Waals surface area contributed by atoms with Crippen molar-refractivity contribution in [3.8, 4) is 0 Å². The van der Waals surface area contributed by atoms with Gasteiger partial charge in [0, 0.05) is 5.70 Å². The summed E-state index contributed by atoms with van der Waals surface area (Å²) in [7, 11) is 0. The molecule has 0 amide bonds. The maximum absolute atomic E-state index is 4.41. The summed E-state index contributed by atoms with van der Waals surface area (Å²) < 4.78 is 0.464. The Bertz CT molecular complexity index is 267. The number of nitrogens with zero attached hydrogens (tertiary/aromatic N) is 1. The predicted octanol–water partition coefficient (Wildman–Crippen LogP) is 1.63. The highest BCUT2D eigenvalue weighted by molar-refractivity contribution is 14.1. The lowest BCUT2D eigenvalue weighted by molar-refractivity contribution is 0.588. The van der Waals surface area contributed by atoms with E-state index in [1.807, 2.05) is 0 Å². The second kappa shape index (κ2) is 2.33. The van der Waals surface area contributed by atoms with Gasteiger partial charge in [0.2, 0.25) is 0 Å². The van der Waals surface area contributed by atoms with Crippen LogP contribution in [0.1, 0.15) is 6.92 Å². The number of nitrogens with one attached hydrogen (secondary N) is 1. The molecular formula is C8H9IN2. The van der Waals surface area contributed by atoms with Crippen molar-refractivity contribution >= 4 is 28.9 Å². The molecule has 0 aromatic rings. The second-order valence-electron chi connectivity index (χ2n) is 2.92. The van der Waals surface area contributed by atoms with Crippen LogP contribution >= 0.6 is 22.6 Å². The molecule has 2 aliphatic rings. The van der Waals surface area contributed by atoms with E-state index in [2.05, 4.69) is 58.1 Å². The quantitative estimate of drug-likeness (QED) is 0.519. The van der Waals surface area contributed by atoms with Crippen LogP contribution in [0.2, 0.25) is 0 Å². The summed E-state index contributed by atoms with van der Waals surface area (Å²) in [4.78, 5) is 4.41. The highest BCUT2D eigenvalue weighted by atomic mass is 127. The zero-order valence-electron chi connectivity index (χ0n) is 6.21. The van der Waals surface area contributed by atoms with Crippen molar-refractivity contribution < 1.29 is 0 Å². The zero-order valence-corrected chi connectivity index (χ0v) is 8.37. The van der Waals surface area contributed by atoms with Gasteiger partial charge in [0.25, 0.3) is 0 Å². The summed E-state index contributed by atoms with van der Waals surface area (Å²) in [6.45, 7) is 2.15. The number of hydrogen-bond acceptors (Lipinski definition) is 2. The van der Waals surface area contributed by atoms with Gasteiger partial charge in [-0.3, -0.25) is 4.99 Å². The molecule has 1 N–H and O–H groups in total. The first-order valence-electron chi connectivity index (χ1n) is 3.57. The van der Waals surface area contributed by atoms with Gasteiger partial charge in [-0.15, -0.1) is 0 Å². The third-order valence-electron chi connectivity index (χ3n) is 2.18. The fourth-order valence-electron chi connectivity index (χ4n) is 1.32. The SMILES string of the molecule is CC12N=CNC1=CC=CC2I. The smallest absolute Gasteiger partial charge is 0.114 e. The maximum atomic E-state index is 4.41. The lowest BCUT2D eigenvalue weighted by Crippen LogP contribution is -2.36. The first kappa shape index (κ1) is 7.34. The number of allylic oxidation sites excluding steroid dienone is 2. The molecule has 58 valence electrons. The van der Waals surface area contributed by atoms with Crippen molar-refractivity contribution in [2.45, 2.75) is 16.4 Å². The van der Waals surface area contributed by atoms with E-state index in [1.54, 1.807) is 6.34 Å². The zero-order chi connectivity index (χ0) is 7.90. The van der Waals surface area contributed by atoms with Crippen molar-refractivity contribution in [3.05, 3.63) is 23.9 Å². The summed E-state index contributed by atoms with van der Waals surface area (Å²) in [5, 5.41) is 3.14. The Labute approximate surface area is 79.6 Å². The van der Waals surface area contributed by atoms with Gasteiger partial charge < -0.3 is 5.32 Å². The Morgan fingerprint density at radius 2 is 2.55 bits per heavy atom. The van der Waals surface area contributed by atoms with E-state index in [1.165, 1.54) is 5.70 Å². The average Bonchev–Trinajstić information content (AvgIpc) is 2.34. The van der Waals surface area contributed by atoms with Crippen molar-refractivity contribution in [2.24, 2.45) is 4.99 Å². The molecule has 0 saturated carbocycles. The highest BCUT2D eigenvalue weighted by Gasteiger charge is 2.38. The minimum absolute atomic E-state index is 0.0324. The van der Waals surface area contributed by atoms with Gasteiger partial charge in [0.15, 0.2) is 0 Å². The van der Waals surface area contributed by atoms with Crippen LogP contribution in [0.4, 0.5) is 0 Å². The number of aliphatic imine (C=N–C) groups is 1. The van der Waals surface area contributed by atoms with Gasteiger partial charge in [-0.2, -0.15) is 0 Å². The van der Waals surface area contributed by atoms with Crippen LogP contribution in [-0.2, 0) is 0 Å². The van der Waals surface area contributed by atoms with E-state index in [0.29, 0.717) is 3.92 Å². The fraction of sp³-hybridized carbons (Fsp3) is 0.375. The molecule has 2 atom stereocenters. The van der Waals surface area contributed by atoms with E-state index in [0.717, 1.165) is 0 Å². The Hall–Kier alpha value is -0.320. The monoisotopic (exact) mass is 260 g/mol. The Balaban J connectivity index is 2.44. The molecule has 0 aromatic carbocycles. The van der Waals surface area contributed by atoms with Gasteiger partial charge >= 0.3 is 0 Å². The van der Waals surface area contributed by atoms with Gasteiger partial charge in [-0.05, 0) is 13.0 Å². The van der Waals surface area contributed by atoms with Crippen LogP contribution in [0.3, 0.4) is 0 Å². The molecule has 1 aliphatic carbocycles. The Morgan fingerprint density at radius 1 is 1.73 bits per heavy atom. The Morgan fingerprint density at radius 3 is 3.27 bits per heavy atom. The first-order chi connectivity index (χ1) is 5.23. The lowest BCUT2D eigenvalue weighted by Gasteiger charge is -2.28. The second-order valence-corrected chi connectivity index (χ2v) is 4.26. The minimum Gasteiger partial charge on any atom is -0.348 e. The van der Waals surface area contributed by atoms with Crippen molar-refractivity contribution in [1.29, 1.82) is 0 Å². The minimum atomic E-state index is -0.0324. The molecule has 0 fully saturated rings. The third kappa shape index (κ3) is 0.937. The van der Waals surface area contributed by atoms with Crippen LogP contribution in [0.15, 0.2) is 28.9 Å². The van der Waals surface area contributed by atoms with E-state index in [-0.39, 0.29) is 5.54 Å². The number of hydrogen-bond donors (Lipinski definition) is 1. The molecule has 0 radical (unpaired) electrons. The van der Waals surface area contributed by atoms with Crippen LogP contribution in [0, 0.1) is 0 Å². The van der Waals surface area contributed by atoms with Gasteiger partial charge in [-0.1, -0.05) is 34.7 Å². The van der Waals surface area contributed by atoms with E-state index < -0.39 is 0 Å². The summed E-state index contributed by atoms with van der Waals surface area (Å²) in [6.07, 6.45) is 8.12. The molecule has 0 aromatic heterocycles. The number of alkyl halides is 1. The summed E-state index contributed by atoms with van der Waals surface area (Å²) in [5.74, 6) is 0. The molecule has 2 unspecified atom stereocenters. The summed E-state index contributed by atoms with van der Waals surface area (Å²) >= 11 is 2.41. The molecule has 1 heterocycles. The standard InChI is InChI=1S/C8H9IN2/c1-8-6(9)3-2-4-7(8)10-5-11-8/h2-6H,1H3,(H,10,11). The van der Waals surface area contributed by atoms with Gasteiger partial charge in [0.05, 0.1) is 10.3 Å². The first-order valence-corrected chi connectivity index (χ1v) is 4.81. The average molecular weight is 260 g/mol. The van der Waals surface area contributed by atoms with Crippen molar-refractivity contribution in [2.75, 3.05) is 0 Å². The van der Waals surface area contributed by atoms with Crippen LogP contribution in [0.5, 0.6) is 0 Å². The van der Waals surface area contributed by atoms with Crippen LogP contribution < -0.4 is 5.32 Å². The van der Waals surface area contributed by atoms with Crippen LogP contribution in [0.25, 0.3) is 0 Å². The highest BCUT2D eigenvalue weighted by Crippen LogP contribution is 2.34. The molecule has 11 heavy (non-hydrogen) atoms. The predicted molar refractivity (Wildman–Crippen MR) is 55.1 cm³/mol. The summed E-state index contributed by atoms with van der Waals surface area (Å²) in [6, 6.07) is 0. The molecule has 2 nitrogen and oxygen atoms in total. The number of halogens is 1.